The van der Waals surface area contributed by atoms with Crippen LogP contribution in [0.3, 0.4) is 0 Å². The van der Waals surface area contributed by atoms with E-state index in [0.29, 0.717) is 6.54 Å². The molecule has 1 aliphatic rings. The van der Waals surface area contributed by atoms with Crippen molar-refractivity contribution < 1.29 is 14.7 Å². The zero-order valence-electron chi connectivity index (χ0n) is 12.2. The zero-order valence-corrected chi connectivity index (χ0v) is 12.2. The largest absolute Gasteiger partial charge is 0.480 e. The van der Waals surface area contributed by atoms with E-state index in [1.807, 2.05) is 13.0 Å². The maximum absolute atomic E-state index is 12.3. The summed E-state index contributed by atoms with van der Waals surface area (Å²) in [6.07, 6.45) is 7.29. The number of aryl methyl sites for hydroxylation is 1. The highest BCUT2D eigenvalue weighted by Crippen LogP contribution is 2.23. The fraction of sp³-hybridized carbons (Fsp3) is 0.533. The number of hydrogen-bond acceptors (Lipinski definition) is 3. The molecule has 0 unspecified atom stereocenters. The molecule has 6 heteroatoms. The van der Waals surface area contributed by atoms with Crippen molar-refractivity contribution >= 4 is 12.0 Å². The summed E-state index contributed by atoms with van der Waals surface area (Å²) in [4.78, 5) is 28.7. The molecule has 0 aromatic carbocycles. The molecule has 1 aromatic rings. The number of amides is 2. The van der Waals surface area contributed by atoms with Gasteiger partial charge in [-0.3, -0.25) is 9.78 Å². The molecule has 0 spiro atoms. The molecule has 1 aliphatic carbocycles. The third kappa shape index (κ3) is 4.18. The Hall–Kier alpha value is -2.11. The van der Waals surface area contributed by atoms with Crippen LogP contribution >= 0.6 is 0 Å². The molecule has 1 aromatic heterocycles. The van der Waals surface area contributed by atoms with E-state index >= 15 is 0 Å². The third-order valence-corrected chi connectivity index (χ3v) is 3.91. The number of aromatic nitrogens is 1. The molecule has 0 bridgehead atoms. The second-order valence-electron chi connectivity index (χ2n) is 5.42. The van der Waals surface area contributed by atoms with Gasteiger partial charge in [-0.25, -0.2) is 4.79 Å². The van der Waals surface area contributed by atoms with Crippen molar-refractivity contribution in [1.29, 1.82) is 0 Å². The number of pyridine rings is 1. The first kappa shape index (κ1) is 15.3. The molecule has 6 nitrogen and oxygen atoms in total. The van der Waals surface area contributed by atoms with Crippen molar-refractivity contribution in [3.05, 3.63) is 29.6 Å². The Morgan fingerprint density at radius 2 is 2.14 bits per heavy atom. The summed E-state index contributed by atoms with van der Waals surface area (Å²) >= 11 is 0. The van der Waals surface area contributed by atoms with Crippen LogP contribution in [0.2, 0.25) is 0 Å². The molecule has 2 N–H and O–H groups in total. The quantitative estimate of drug-likeness (QED) is 0.868. The highest BCUT2D eigenvalue weighted by Gasteiger charge is 2.28. The van der Waals surface area contributed by atoms with Crippen LogP contribution in [0.1, 0.15) is 36.8 Å². The molecule has 2 amide bonds. The van der Waals surface area contributed by atoms with Crippen LogP contribution in [0, 0.1) is 6.92 Å². The summed E-state index contributed by atoms with van der Waals surface area (Å²) in [7, 11) is 0. The van der Waals surface area contributed by atoms with Crippen LogP contribution < -0.4 is 5.32 Å². The Balaban J connectivity index is 1.97. The van der Waals surface area contributed by atoms with Crippen molar-refractivity contribution in [2.24, 2.45) is 0 Å². The number of rotatable bonds is 5. The van der Waals surface area contributed by atoms with Crippen molar-refractivity contribution in [3.8, 4) is 0 Å². The Bertz CT molecular complexity index is 513. The molecule has 1 fully saturated rings. The summed E-state index contributed by atoms with van der Waals surface area (Å²) in [5.74, 6) is -0.977. The van der Waals surface area contributed by atoms with Gasteiger partial charge in [0, 0.05) is 25.0 Å². The molecular formula is C15H21N3O3. The molecule has 114 valence electrons. The van der Waals surface area contributed by atoms with E-state index in [1.54, 1.807) is 12.4 Å². The molecule has 21 heavy (non-hydrogen) atoms. The number of carbonyl (C=O) groups excluding carboxylic acids is 1. The molecule has 2 rings (SSSR count). The van der Waals surface area contributed by atoms with Crippen molar-refractivity contribution in [1.82, 2.24) is 15.2 Å². The summed E-state index contributed by atoms with van der Waals surface area (Å²) in [6.45, 7) is 2.07. The number of carbonyl (C=O) groups is 2. The van der Waals surface area contributed by atoms with Gasteiger partial charge >= 0.3 is 12.0 Å². The first-order valence-corrected chi connectivity index (χ1v) is 7.23. The highest BCUT2D eigenvalue weighted by atomic mass is 16.4. The van der Waals surface area contributed by atoms with E-state index < -0.39 is 5.97 Å². The van der Waals surface area contributed by atoms with E-state index in [-0.39, 0.29) is 18.6 Å². The fourth-order valence-corrected chi connectivity index (χ4v) is 2.68. The molecule has 0 saturated heterocycles. The fourth-order valence-electron chi connectivity index (χ4n) is 2.68. The van der Waals surface area contributed by atoms with E-state index in [9.17, 15) is 9.59 Å². The summed E-state index contributed by atoms with van der Waals surface area (Å²) < 4.78 is 0. The lowest BCUT2D eigenvalue weighted by molar-refractivity contribution is -0.138. The van der Waals surface area contributed by atoms with Crippen molar-refractivity contribution in [2.75, 3.05) is 6.54 Å². The van der Waals surface area contributed by atoms with E-state index in [2.05, 4.69) is 10.3 Å². The molecule has 0 radical (unpaired) electrons. The van der Waals surface area contributed by atoms with Crippen LogP contribution in [0.25, 0.3) is 0 Å². The Labute approximate surface area is 124 Å². The molecule has 1 saturated carbocycles. The lowest BCUT2D eigenvalue weighted by Crippen LogP contribution is -2.47. The van der Waals surface area contributed by atoms with Crippen LogP contribution in [0.5, 0.6) is 0 Å². The second-order valence-corrected chi connectivity index (χ2v) is 5.42. The Morgan fingerprint density at radius 3 is 2.76 bits per heavy atom. The number of aliphatic carboxylic acids is 1. The zero-order chi connectivity index (χ0) is 15.2. The number of urea groups is 1. The topological polar surface area (TPSA) is 82.5 Å². The van der Waals surface area contributed by atoms with Crippen LogP contribution in [0.4, 0.5) is 4.79 Å². The Kier molecular flexibility index (Phi) is 5.14. The first-order valence-electron chi connectivity index (χ1n) is 7.23. The average Bonchev–Trinajstić information content (AvgIpc) is 2.97. The predicted octanol–water partition coefficient (Wildman–Crippen LogP) is 1.93. The van der Waals surface area contributed by atoms with Crippen LogP contribution in [-0.2, 0) is 11.3 Å². The second kappa shape index (κ2) is 7.06. The van der Waals surface area contributed by atoms with E-state index in [4.69, 9.17) is 5.11 Å². The minimum absolute atomic E-state index is 0.0381. The lowest BCUT2D eigenvalue weighted by Gasteiger charge is -2.27. The monoisotopic (exact) mass is 291 g/mol. The van der Waals surface area contributed by atoms with Gasteiger partial charge in [0.15, 0.2) is 0 Å². The Morgan fingerprint density at radius 1 is 1.43 bits per heavy atom. The van der Waals surface area contributed by atoms with Crippen molar-refractivity contribution in [3.63, 3.8) is 0 Å². The molecule has 0 aliphatic heterocycles. The number of hydrogen-bond donors (Lipinski definition) is 2. The summed E-state index contributed by atoms with van der Waals surface area (Å²) in [5, 5.41) is 11.8. The maximum Gasteiger partial charge on any atom is 0.323 e. The normalized spacial score (nSPS) is 14.9. The molecule has 1 heterocycles. The minimum atomic E-state index is -0.977. The van der Waals surface area contributed by atoms with Gasteiger partial charge in [0.2, 0.25) is 0 Å². The van der Waals surface area contributed by atoms with E-state index in [0.717, 1.165) is 36.8 Å². The van der Waals surface area contributed by atoms with Gasteiger partial charge in [0.1, 0.15) is 6.54 Å². The SMILES string of the molecule is Cc1ccncc1CNC(=O)N(CC(=O)O)C1CCCC1. The lowest BCUT2D eigenvalue weighted by atomic mass is 10.1. The highest BCUT2D eigenvalue weighted by molar-refractivity contribution is 5.80. The number of nitrogens with one attached hydrogen (secondary N) is 1. The van der Waals surface area contributed by atoms with Gasteiger partial charge in [-0.1, -0.05) is 12.8 Å². The predicted molar refractivity (Wildman–Crippen MR) is 77.8 cm³/mol. The molecule has 0 atom stereocenters. The standard InChI is InChI=1S/C15H21N3O3/c1-11-6-7-16-8-12(11)9-17-15(21)18(10-14(19)20)13-4-2-3-5-13/h6-8,13H,2-5,9-10H2,1H3,(H,17,21)(H,19,20). The van der Waals surface area contributed by atoms with Crippen molar-refractivity contribution in [2.45, 2.75) is 45.2 Å². The van der Waals surface area contributed by atoms with Gasteiger partial charge in [-0.2, -0.15) is 0 Å². The number of carboxylic acid groups (broad SMARTS) is 1. The first-order chi connectivity index (χ1) is 10.1. The van der Waals surface area contributed by atoms with Crippen LogP contribution in [0.15, 0.2) is 18.5 Å². The van der Waals surface area contributed by atoms with Gasteiger partial charge in [0.25, 0.3) is 0 Å². The molecular weight excluding hydrogens is 270 g/mol. The number of carboxylic acids is 1. The summed E-state index contributed by atoms with van der Waals surface area (Å²) in [5.41, 5.74) is 1.99. The van der Waals surface area contributed by atoms with E-state index in [1.165, 1.54) is 4.90 Å². The van der Waals surface area contributed by atoms with Gasteiger partial charge in [0.05, 0.1) is 0 Å². The number of nitrogens with zero attached hydrogens (tertiary/aromatic N) is 2. The third-order valence-electron chi connectivity index (χ3n) is 3.91. The maximum atomic E-state index is 12.3. The smallest absolute Gasteiger partial charge is 0.323 e. The minimum Gasteiger partial charge on any atom is -0.480 e. The van der Waals surface area contributed by atoms with Gasteiger partial charge < -0.3 is 15.3 Å². The average molecular weight is 291 g/mol. The van der Waals surface area contributed by atoms with Gasteiger partial charge in [-0.15, -0.1) is 0 Å². The summed E-state index contributed by atoms with van der Waals surface area (Å²) in [6, 6.07) is 1.61. The van der Waals surface area contributed by atoms with Gasteiger partial charge in [-0.05, 0) is 37.0 Å². The van der Waals surface area contributed by atoms with Crippen LogP contribution in [-0.4, -0.2) is 39.6 Å².